The third-order valence-corrected chi connectivity index (χ3v) is 5.94. The monoisotopic (exact) mass is 384 g/mol. The lowest BCUT2D eigenvalue weighted by atomic mass is 9.97. The van der Waals surface area contributed by atoms with E-state index >= 15 is 0 Å². The maximum absolute atomic E-state index is 12.8. The largest absolute Gasteiger partial charge is 0.341 e. The van der Waals surface area contributed by atoms with Gasteiger partial charge in [0.2, 0.25) is 5.78 Å². The molecule has 0 amide bonds. The van der Waals surface area contributed by atoms with Gasteiger partial charge in [-0.15, -0.1) is 0 Å². The van der Waals surface area contributed by atoms with Gasteiger partial charge in [-0.2, -0.15) is 8.42 Å². The van der Waals surface area contributed by atoms with Crippen LogP contribution in [0.3, 0.4) is 0 Å². The number of fused-ring (bicyclic) bond motifs is 4. The molecular weight excluding hydrogens is 364 g/mol. The smallest absolute Gasteiger partial charge is 0.297 e. The number of hydrogen-bond donors (Lipinski definition) is 0. The number of carbonyl (C=O) groups is 1. The van der Waals surface area contributed by atoms with Gasteiger partial charge in [-0.3, -0.25) is 8.98 Å². The van der Waals surface area contributed by atoms with Crippen LogP contribution in [0.1, 0.15) is 19.4 Å². The van der Waals surface area contributed by atoms with E-state index in [4.69, 9.17) is 23.1 Å². The molecule has 2 bridgehead atoms. The predicted octanol–water partition coefficient (Wildman–Crippen LogP) is 0.915. The average molecular weight is 384 g/mol. The van der Waals surface area contributed by atoms with Gasteiger partial charge >= 0.3 is 0 Å². The van der Waals surface area contributed by atoms with Crippen LogP contribution in [0.2, 0.25) is 0 Å². The summed E-state index contributed by atoms with van der Waals surface area (Å²) >= 11 is 0. The summed E-state index contributed by atoms with van der Waals surface area (Å²) in [4.78, 5) is 12.8. The summed E-state index contributed by atoms with van der Waals surface area (Å²) in [5.74, 6) is -3.25. The zero-order chi connectivity index (χ0) is 18.7. The van der Waals surface area contributed by atoms with Gasteiger partial charge in [0.1, 0.15) is 18.8 Å². The van der Waals surface area contributed by atoms with Crippen LogP contribution in [0.4, 0.5) is 0 Å². The van der Waals surface area contributed by atoms with E-state index in [1.54, 1.807) is 26.0 Å². The Morgan fingerprint density at radius 1 is 1.15 bits per heavy atom. The molecule has 0 radical (unpaired) electrons. The molecule has 0 saturated carbocycles. The van der Waals surface area contributed by atoms with Crippen LogP contribution in [-0.2, 0) is 38.0 Å². The number of ketones is 1. The van der Waals surface area contributed by atoms with Crippen molar-refractivity contribution >= 4 is 15.9 Å². The molecular formula is C17H20O8S. The van der Waals surface area contributed by atoms with Crippen LogP contribution >= 0.6 is 0 Å². The van der Waals surface area contributed by atoms with Crippen molar-refractivity contribution in [2.45, 2.75) is 55.6 Å². The van der Waals surface area contributed by atoms with E-state index < -0.39 is 52.4 Å². The second-order valence-electron chi connectivity index (χ2n) is 7.13. The number of carbonyl (C=O) groups excluding carboxylic acids is 1. The first-order chi connectivity index (χ1) is 12.1. The van der Waals surface area contributed by atoms with Crippen LogP contribution in [0.15, 0.2) is 29.2 Å². The summed E-state index contributed by atoms with van der Waals surface area (Å²) in [6, 6.07) is 6.21. The molecule has 0 N–H and O–H groups in total. The topological polar surface area (TPSA) is 97.4 Å². The van der Waals surface area contributed by atoms with Crippen molar-refractivity contribution in [3.05, 3.63) is 29.8 Å². The molecule has 3 aliphatic heterocycles. The first-order valence-corrected chi connectivity index (χ1v) is 9.71. The van der Waals surface area contributed by atoms with E-state index in [-0.39, 0.29) is 11.5 Å². The highest BCUT2D eigenvalue weighted by atomic mass is 32.2. The predicted molar refractivity (Wildman–Crippen MR) is 86.7 cm³/mol. The zero-order valence-corrected chi connectivity index (χ0v) is 15.4. The highest BCUT2D eigenvalue weighted by molar-refractivity contribution is 7.86. The van der Waals surface area contributed by atoms with E-state index in [9.17, 15) is 13.2 Å². The van der Waals surface area contributed by atoms with Gasteiger partial charge in [0.05, 0.1) is 11.5 Å². The number of hydrogen-bond acceptors (Lipinski definition) is 8. The van der Waals surface area contributed by atoms with Crippen LogP contribution < -0.4 is 0 Å². The summed E-state index contributed by atoms with van der Waals surface area (Å²) in [5, 5.41) is 0. The van der Waals surface area contributed by atoms with Crippen molar-refractivity contribution in [1.29, 1.82) is 0 Å². The normalized spacial score (nSPS) is 35.5. The van der Waals surface area contributed by atoms with Crippen molar-refractivity contribution in [3.8, 4) is 0 Å². The Bertz CT molecular complexity index is 831. The lowest BCUT2D eigenvalue weighted by molar-refractivity contribution is -0.219. The van der Waals surface area contributed by atoms with E-state index in [1.807, 2.05) is 6.92 Å². The summed E-state index contributed by atoms with van der Waals surface area (Å²) in [5.41, 5.74) is 0.919. The minimum atomic E-state index is -4.06. The van der Waals surface area contributed by atoms with Gasteiger partial charge in [0.15, 0.2) is 11.9 Å². The van der Waals surface area contributed by atoms with Crippen molar-refractivity contribution < 1.29 is 36.3 Å². The fourth-order valence-corrected chi connectivity index (χ4v) is 4.29. The number of rotatable bonds is 4. The van der Waals surface area contributed by atoms with E-state index in [0.29, 0.717) is 0 Å². The number of benzene rings is 1. The first-order valence-electron chi connectivity index (χ1n) is 8.30. The Labute approximate surface area is 151 Å². The quantitative estimate of drug-likeness (QED) is 0.707. The molecule has 3 saturated heterocycles. The number of aryl methyl sites for hydroxylation is 1. The minimum Gasteiger partial charge on any atom is -0.341 e. The summed E-state index contributed by atoms with van der Waals surface area (Å²) in [6.07, 6.45) is -1.98. The van der Waals surface area contributed by atoms with E-state index in [0.717, 1.165) is 5.56 Å². The maximum Gasteiger partial charge on any atom is 0.297 e. The second kappa shape index (κ2) is 5.82. The average Bonchev–Trinajstić information content (AvgIpc) is 3.12. The molecule has 3 fully saturated rings. The highest BCUT2D eigenvalue weighted by Crippen LogP contribution is 2.43. The Morgan fingerprint density at radius 3 is 2.54 bits per heavy atom. The minimum absolute atomic E-state index is 0.00300. The Balaban J connectivity index is 1.53. The fourth-order valence-electron chi connectivity index (χ4n) is 3.38. The van der Waals surface area contributed by atoms with Crippen molar-refractivity contribution in [1.82, 2.24) is 0 Å². The first kappa shape index (κ1) is 18.0. The van der Waals surface area contributed by atoms with Gasteiger partial charge in [-0.1, -0.05) is 17.7 Å². The highest BCUT2D eigenvalue weighted by Gasteiger charge is 2.65. The van der Waals surface area contributed by atoms with E-state index in [1.165, 1.54) is 12.1 Å². The van der Waals surface area contributed by atoms with Crippen molar-refractivity contribution in [2.24, 2.45) is 0 Å². The third kappa shape index (κ3) is 2.88. The molecule has 0 aromatic heterocycles. The lowest BCUT2D eigenvalue weighted by Crippen LogP contribution is -2.58. The second-order valence-corrected chi connectivity index (χ2v) is 8.75. The zero-order valence-electron chi connectivity index (χ0n) is 14.6. The molecule has 26 heavy (non-hydrogen) atoms. The SMILES string of the molecule is Cc1ccc(S(=O)(=O)OC[C@@]23OC[C@@H](O2)[C@H]2OC(C)(C)O[C@H]2C3=O)cc1. The van der Waals surface area contributed by atoms with Crippen LogP contribution in [0.25, 0.3) is 0 Å². The molecule has 0 unspecified atom stereocenters. The maximum atomic E-state index is 12.8. The Hall–Kier alpha value is -1.36. The lowest BCUT2D eigenvalue weighted by Gasteiger charge is -2.34. The van der Waals surface area contributed by atoms with Gasteiger partial charge in [-0.25, -0.2) is 0 Å². The van der Waals surface area contributed by atoms with Gasteiger partial charge < -0.3 is 18.9 Å². The van der Waals surface area contributed by atoms with Crippen LogP contribution in [0.5, 0.6) is 0 Å². The molecule has 9 heteroatoms. The molecule has 1 aromatic rings. The number of ether oxygens (including phenoxy) is 4. The van der Waals surface area contributed by atoms with Gasteiger partial charge in [-0.05, 0) is 32.9 Å². The molecule has 1 aromatic carbocycles. The molecule has 4 atom stereocenters. The Kier molecular flexibility index (Phi) is 4.03. The van der Waals surface area contributed by atoms with Crippen LogP contribution in [0, 0.1) is 6.92 Å². The summed E-state index contributed by atoms with van der Waals surface area (Å²) in [7, 11) is -4.06. The van der Waals surface area contributed by atoms with Gasteiger partial charge in [0, 0.05) is 0 Å². The summed E-state index contributed by atoms with van der Waals surface area (Å²) < 4.78 is 52.5. The molecule has 3 aliphatic rings. The fraction of sp³-hybridized carbons (Fsp3) is 0.588. The van der Waals surface area contributed by atoms with E-state index in [2.05, 4.69) is 0 Å². The number of Topliss-reactive ketones (excluding diaryl/α,β-unsaturated/α-hetero) is 1. The molecule has 142 valence electrons. The summed E-state index contributed by atoms with van der Waals surface area (Å²) in [6.45, 7) is 4.78. The van der Waals surface area contributed by atoms with Gasteiger partial charge in [0.25, 0.3) is 15.9 Å². The third-order valence-electron chi connectivity index (χ3n) is 4.67. The van der Waals surface area contributed by atoms with Crippen LogP contribution in [-0.4, -0.2) is 57.3 Å². The molecule has 3 heterocycles. The van der Waals surface area contributed by atoms with Crippen molar-refractivity contribution in [3.63, 3.8) is 0 Å². The molecule has 4 rings (SSSR count). The Morgan fingerprint density at radius 2 is 1.85 bits per heavy atom. The van der Waals surface area contributed by atoms with Crippen molar-refractivity contribution in [2.75, 3.05) is 13.2 Å². The standard InChI is InChI=1S/C17H20O8S/c1-10-4-6-11(7-5-10)26(19,20)22-9-17-15(18)14-13(12(23-17)8-21-17)24-16(2,3)25-14/h4-7,12-14H,8-9H2,1-3H3/t12-,13-,14-,17-/m1/s1. The molecule has 0 spiro atoms. The molecule has 0 aliphatic carbocycles. The molecule has 8 nitrogen and oxygen atoms in total.